The predicted octanol–water partition coefficient (Wildman–Crippen LogP) is 4.06. The Kier molecular flexibility index (Phi) is 5.57. The van der Waals surface area contributed by atoms with Crippen LogP contribution in [0.2, 0.25) is 0 Å². The molecule has 27 heavy (non-hydrogen) atoms. The van der Waals surface area contributed by atoms with Crippen molar-refractivity contribution in [1.82, 2.24) is 9.80 Å². The van der Waals surface area contributed by atoms with Gasteiger partial charge in [0.2, 0.25) is 0 Å². The summed E-state index contributed by atoms with van der Waals surface area (Å²) >= 11 is 0. The van der Waals surface area contributed by atoms with Crippen molar-refractivity contribution < 1.29 is 13.9 Å². The molecule has 2 aliphatic rings. The van der Waals surface area contributed by atoms with Crippen molar-refractivity contribution >= 4 is 29.3 Å². The normalized spacial score (nSPS) is 19.6. The molecule has 0 N–H and O–H groups in total. The zero-order valence-electron chi connectivity index (χ0n) is 16.6. The van der Waals surface area contributed by atoms with E-state index in [0.717, 1.165) is 54.6 Å². The maximum absolute atomic E-state index is 13.4. The summed E-state index contributed by atoms with van der Waals surface area (Å²) in [5.74, 6) is 0.440. The lowest BCUT2D eigenvalue weighted by molar-refractivity contribution is -0.105. The van der Waals surface area contributed by atoms with Gasteiger partial charge in [0.1, 0.15) is 11.3 Å². The van der Waals surface area contributed by atoms with Crippen LogP contribution in [0.25, 0.3) is 11.0 Å². The van der Waals surface area contributed by atoms with E-state index in [0.29, 0.717) is 18.9 Å². The second-order valence-corrected chi connectivity index (χ2v) is 7.63. The minimum Gasteiger partial charge on any atom is -0.450 e. The van der Waals surface area contributed by atoms with Gasteiger partial charge < -0.3 is 19.0 Å². The van der Waals surface area contributed by atoms with Gasteiger partial charge in [0.15, 0.2) is 5.76 Å². The highest BCUT2D eigenvalue weighted by atomic mass is 35.5. The van der Waals surface area contributed by atoms with Gasteiger partial charge in [0.05, 0.1) is 6.61 Å². The predicted molar refractivity (Wildman–Crippen MR) is 109 cm³/mol. The molecule has 4 rings (SSSR count). The van der Waals surface area contributed by atoms with Gasteiger partial charge in [-0.3, -0.25) is 4.79 Å². The number of furan rings is 1. The SMILES string of the molecule is CCN1CCC2(CC1)OCCN2C(=O)c1oc2c(C)c(C)ccc2c1C.Cl. The van der Waals surface area contributed by atoms with Gasteiger partial charge >= 0.3 is 0 Å². The molecule has 0 atom stereocenters. The number of nitrogens with zero attached hydrogens (tertiary/aromatic N) is 2. The number of hydrogen-bond donors (Lipinski definition) is 0. The van der Waals surface area contributed by atoms with E-state index in [1.165, 1.54) is 5.56 Å². The van der Waals surface area contributed by atoms with Crippen molar-refractivity contribution in [2.24, 2.45) is 0 Å². The molecule has 2 aliphatic heterocycles. The monoisotopic (exact) mass is 392 g/mol. The first kappa shape index (κ1) is 20.2. The van der Waals surface area contributed by atoms with E-state index in [4.69, 9.17) is 9.15 Å². The molecule has 2 fully saturated rings. The standard InChI is InChI=1S/C21H28N2O3.ClH/c1-5-22-10-8-21(9-11-22)23(12-13-25-21)20(24)19-16(4)17-7-6-14(2)15(3)18(17)26-19;/h6-7H,5,8-13H2,1-4H3;1H. The molecule has 2 aromatic rings. The molecule has 0 unspecified atom stereocenters. The molecular formula is C21H29ClN2O3. The zero-order chi connectivity index (χ0) is 18.5. The van der Waals surface area contributed by atoms with Crippen LogP contribution in [0.1, 0.15) is 47.0 Å². The highest BCUT2D eigenvalue weighted by Gasteiger charge is 2.47. The van der Waals surface area contributed by atoms with Gasteiger partial charge in [0.25, 0.3) is 5.91 Å². The molecule has 0 radical (unpaired) electrons. The number of ether oxygens (including phenoxy) is 1. The minimum absolute atomic E-state index is 0. The molecular weight excluding hydrogens is 364 g/mol. The fraction of sp³-hybridized carbons (Fsp3) is 0.571. The molecule has 3 heterocycles. The maximum Gasteiger partial charge on any atom is 0.292 e. The Labute approximate surface area is 167 Å². The Morgan fingerprint density at radius 2 is 1.81 bits per heavy atom. The molecule has 0 aliphatic carbocycles. The lowest BCUT2D eigenvalue weighted by Crippen LogP contribution is -2.54. The molecule has 0 saturated carbocycles. The van der Waals surface area contributed by atoms with Gasteiger partial charge in [-0.2, -0.15) is 0 Å². The summed E-state index contributed by atoms with van der Waals surface area (Å²) < 4.78 is 12.2. The number of carbonyl (C=O) groups is 1. The van der Waals surface area contributed by atoms with Crippen molar-refractivity contribution in [2.45, 2.75) is 46.3 Å². The number of hydrogen-bond acceptors (Lipinski definition) is 4. The fourth-order valence-electron chi connectivity index (χ4n) is 4.37. The zero-order valence-corrected chi connectivity index (χ0v) is 17.4. The first-order chi connectivity index (χ1) is 12.5. The van der Waals surface area contributed by atoms with E-state index in [1.54, 1.807) is 0 Å². The quantitative estimate of drug-likeness (QED) is 0.773. The third-order valence-electron chi connectivity index (χ3n) is 6.33. The Morgan fingerprint density at radius 1 is 1.11 bits per heavy atom. The van der Waals surface area contributed by atoms with Crippen LogP contribution in [-0.2, 0) is 4.74 Å². The van der Waals surface area contributed by atoms with Crippen LogP contribution in [0.4, 0.5) is 0 Å². The minimum atomic E-state index is -0.459. The summed E-state index contributed by atoms with van der Waals surface area (Å²) in [6.45, 7) is 12.5. The Bertz CT molecular complexity index is 853. The van der Waals surface area contributed by atoms with Gasteiger partial charge in [0, 0.05) is 43.4 Å². The summed E-state index contributed by atoms with van der Waals surface area (Å²) in [7, 11) is 0. The van der Waals surface area contributed by atoms with Crippen molar-refractivity contribution in [1.29, 1.82) is 0 Å². The second kappa shape index (κ2) is 7.46. The Balaban J connectivity index is 0.00000210. The lowest BCUT2D eigenvalue weighted by Gasteiger charge is -2.43. The number of benzene rings is 1. The fourth-order valence-corrected chi connectivity index (χ4v) is 4.37. The molecule has 1 amide bonds. The summed E-state index contributed by atoms with van der Waals surface area (Å²) in [6.07, 6.45) is 1.73. The van der Waals surface area contributed by atoms with Crippen LogP contribution in [0, 0.1) is 20.8 Å². The first-order valence-corrected chi connectivity index (χ1v) is 9.64. The maximum atomic E-state index is 13.4. The average Bonchev–Trinajstić information content (AvgIpc) is 3.20. The van der Waals surface area contributed by atoms with Crippen molar-refractivity contribution in [3.8, 4) is 0 Å². The van der Waals surface area contributed by atoms with E-state index in [2.05, 4.69) is 37.8 Å². The molecule has 148 valence electrons. The molecule has 1 aromatic heterocycles. The van der Waals surface area contributed by atoms with Crippen molar-refractivity contribution in [2.75, 3.05) is 32.8 Å². The first-order valence-electron chi connectivity index (χ1n) is 9.64. The highest BCUT2D eigenvalue weighted by Crippen LogP contribution is 2.37. The second-order valence-electron chi connectivity index (χ2n) is 7.63. The Hall–Kier alpha value is -1.56. The van der Waals surface area contributed by atoms with Crippen LogP contribution < -0.4 is 0 Å². The largest absolute Gasteiger partial charge is 0.450 e. The number of amides is 1. The van der Waals surface area contributed by atoms with Crippen molar-refractivity contribution in [3.63, 3.8) is 0 Å². The van der Waals surface area contributed by atoms with Crippen LogP contribution in [0.5, 0.6) is 0 Å². The van der Waals surface area contributed by atoms with Crippen LogP contribution in [-0.4, -0.2) is 54.2 Å². The van der Waals surface area contributed by atoms with Gasteiger partial charge in [-0.1, -0.05) is 19.1 Å². The van der Waals surface area contributed by atoms with E-state index < -0.39 is 5.72 Å². The topological polar surface area (TPSA) is 45.9 Å². The van der Waals surface area contributed by atoms with Gasteiger partial charge in [-0.15, -0.1) is 12.4 Å². The number of likely N-dealkylation sites (tertiary alicyclic amines) is 1. The smallest absolute Gasteiger partial charge is 0.292 e. The van der Waals surface area contributed by atoms with E-state index in [-0.39, 0.29) is 18.3 Å². The molecule has 1 aromatic carbocycles. The molecule has 2 saturated heterocycles. The molecule has 6 heteroatoms. The van der Waals surface area contributed by atoms with E-state index in [1.807, 2.05) is 11.8 Å². The summed E-state index contributed by atoms with van der Waals surface area (Å²) in [6, 6.07) is 4.15. The molecule has 5 nitrogen and oxygen atoms in total. The van der Waals surface area contributed by atoms with E-state index in [9.17, 15) is 4.79 Å². The number of carbonyl (C=O) groups excluding carboxylic acids is 1. The van der Waals surface area contributed by atoms with Gasteiger partial charge in [-0.25, -0.2) is 0 Å². The number of piperidine rings is 1. The third-order valence-corrected chi connectivity index (χ3v) is 6.33. The van der Waals surface area contributed by atoms with Gasteiger partial charge in [-0.05, 0) is 38.4 Å². The van der Waals surface area contributed by atoms with Crippen LogP contribution >= 0.6 is 12.4 Å². The van der Waals surface area contributed by atoms with Crippen LogP contribution in [0.3, 0.4) is 0 Å². The highest BCUT2D eigenvalue weighted by molar-refractivity contribution is 6.00. The summed E-state index contributed by atoms with van der Waals surface area (Å²) in [4.78, 5) is 17.7. The number of rotatable bonds is 2. The number of aryl methyl sites for hydroxylation is 3. The summed E-state index contributed by atoms with van der Waals surface area (Å²) in [5.41, 5.74) is 3.59. The summed E-state index contributed by atoms with van der Waals surface area (Å²) in [5, 5.41) is 1.03. The lowest BCUT2D eigenvalue weighted by atomic mass is 9.98. The molecule has 0 bridgehead atoms. The number of fused-ring (bicyclic) bond motifs is 1. The molecule has 1 spiro atoms. The average molecular weight is 393 g/mol. The van der Waals surface area contributed by atoms with Crippen LogP contribution in [0.15, 0.2) is 16.5 Å². The Morgan fingerprint density at radius 3 is 2.48 bits per heavy atom. The number of halogens is 1. The van der Waals surface area contributed by atoms with E-state index >= 15 is 0 Å². The van der Waals surface area contributed by atoms with Crippen molar-refractivity contribution in [3.05, 3.63) is 34.6 Å². The third kappa shape index (κ3) is 3.16.